The van der Waals surface area contributed by atoms with E-state index in [9.17, 15) is 9.90 Å². The summed E-state index contributed by atoms with van der Waals surface area (Å²) in [6.07, 6.45) is 1.21. The highest BCUT2D eigenvalue weighted by molar-refractivity contribution is 5.68. The molecule has 1 saturated heterocycles. The molecule has 0 spiro atoms. The Balaban J connectivity index is 2.05. The fourth-order valence-corrected chi connectivity index (χ4v) is 3.08. The fourth-order valence-electron chi connectivity index (χ4n) is 3.08. The first-order chi connectivity index (χ1) is 11.4. The van der Waals surface area contributed by atoms with E-state index in [1.165, 1.54) is 5.56 Å². The summed E-state index contributed by atoms with van der Waals surface area (Å²) in [4.78, 5) is 16.7. The maximum Gasteiger partial charge on any atom is 0.410 e. The van der Waals surface area contributed by atoms with Crippen molar-refractivity contribution in [2.75, 3.05) is 26.2 Å². The van der Waals surface area contributed by atoms with Crippen LogP contribution in [0, 0.1) is 0 Å². The number of rotatable bonds is 4. The van der Waals surface area contributed by atoms with Gasteiger partial charge in [0.05, 0.1) is 0 Å². The predicted octanol–water partition coefficient (Wildman–Crippen LogP) is 2.88. The van der Waals surface area contributed by atoms with Crippen LogP contribution in [0.2, 0.25) is 0 Å². The molecule has 1 fully saturated rings. The van der Waals surface area contributed by atoms with Gasteiger partial charge in [-0.3, -0.25) is 4.90 Å². The summed E-state index contributed by atoms with van der Waals surface area (Å²) in [5.74, 6) is 0. The number of hydrogen-bond acceptors (Lipinski definition) is 4. The van der Waals surface area contributed by atoms with Crippen molar-refractivity contribution in [1.29, 1.82) is 0 Å². The molecule has 5 heteroatoms. The van der Waals surface area contributed by atoms with Crippen LogP contribution in [0.15, 0.2) is 30.3 Å². The zero-order valence-electron chi connectivity index (χ0n) is 15.1. The molecule has 0 aromatic heterocycles. The van der Waals surface area contributed by atoms with E-state index in [1.807, 2.05) is 39.0 Å². The number of carbonyl (C=O) groups is 1. The molecule has 1 heterocycles. The van der Waals surface area contributed by atoms with Gasteiger partial charge in [-0.15, -0.1) is 0 Å². The first kappa shape index (κ1) is 18.7. The summed E-state index contributed by atoms with van der Waals surface area (Å²) in [7, 11) is 0. The lowest BCUT2D eigenvalue weighted by molar-refractivity contribution is 0.0137. The lowest BCUT2D eigenvalue weighted by Gasteiger charge is -2.33. The highest BCUT2D eigenvalue weighted by Crippen LogP contribution is 2.19. The fraction of sp³-hybridized carbons (Fsp3) is 0.632. The maximum atomic E-state index is 12.5. The summed E-state index contributed by atoms with van der Waals surface area (Å²) in [5, 5.41) is 9.42. The third-order valence-electron chi connectivity index (χ3n) is 4.12. The molecule has 1 unspecified atom stereocenters. The van der Waals surface area contributed by atoms with Crippen LogP contribution in [0.4, 0.5) is 4.79 Å². The zero-order chi connectivity index (χ0) is 17.6. The van der Waals surface area contributed by atoms with E-state index in [0.717, 1.165) is 26.1 Å². The summed E-state index contributed by atoms with van der Waals surface area (Å²) in [6.45, 7) is 8.95. The van der Waals surface area contributed by atoms with Crippen molar-refractivity contribution in [2.24, 2.45) is 0 Å². The molecule has 5 nitrogen and oxygen atoms in total. The van der Waals surface area contributed by atoms with Crippen LogP contribution < -0.4 is 0 Å². The van der Waals surface area contributed by atoms with E-state index < -0.39 is 5.60 Å². The van der Waals surface area contributed by atoms with Crippen LogP contribution in [0.25, 0.3) is 0 Å². The first-order valence-electron chi connectivity index (χ1n) is 8.76. The largest absolute Gasteiger partial charge is 0.444 e. The number of ether oxygens (including phenoxy) is 1. The number of hydrogen-bond donors (Lipinski definition) is 1. The number of amides is 1. The molecule has 1 atom stereocenters. The van der Waals surface area contributed by atoms with E-state index in [4.69, 9.17) is 4.74 Å². The summed E-state index contributed by atoms with van der Waals surface area (Å²) in [5.41, 5.74) is 0.766. The third-order valence-corrected chi connectivity index (χ3v) is 4.12. The predicted molar refractivity (Wildman–Crippen MR) is 94.8 cm³/mol. The van der Waals surface area contributed by atoms with Crippen LogP contribution in [0.1, 0.15) is 39.2 Å². The molecule has 2 rings (SSSR count). The van der Waals surface area contributed by atoms with Gasteiger partial charge in [0.25, 0.3) is 0 Å². The van der Waals surface area contributed by atoms with Crippen molar-refractivity contribution in [3.8, 4) is 0 Å². The Labute approximate surface area is 145 Å². The molecule has 1 aliphatic heterocycles. The molecule has 0 aliphatic carbocycles. The Hall–Kier alpha value is -1.59. The van der Waals surface area contributed by atoms with Crippen molar-refractivity contribution in [3.05, 3.63) is 35.9 Å². The van der Waals surface area contributed by atoms with Crippen molar-refractivity contribution in [1.82, 2.24) is 9.80 Å². The van der Waals surface area contributed by atoms with Crippen molar-refractivity contribution < 1.29 is 14.6 Å². The summed E-state index contributed by atoms with van der Waals surface area (Å²) >= 11 is 0. The average Bonchev–Trinajstić information content (AvgIpc) is 2.69. The maximum absolute atomic E-state index is 12.5. The second-order valence-corrected chi connectivity index (χ2v) is 7.41. The molecule has 0 bridgehead atoms. The molecule has 1 amide bonds. The molecule has 1 aromatic carbocycles. The molecular formula is C19H30N2O3. The minimum absolute atomic E-state index is 0.0175. The molecule has 1 aromatic rings. The summed E-state index contributed by atoms with van der Waals surface area (Å²) in [6, 6.07) is 10.3. The Morgan fingerprint density at radius 1 is 1.25 bits per heavy atom. The van der Waals surface area contributed by atoms with E-state index in [0.29, 0.717) is 13.0 Å². The van der Waals surface area contributed by atoms with Crippen LogP contribution in [0.3, 0.4) is 0 Å². The molecule has 1 aliphatic rings. The molecule has 1 N–H and O–H groups in total. The van der Waals surface area contributed by atoms with Gasteiger partial charge in [-0.05, 0) is 39.2 Å². The molecule has 0 saturated carbocycles. The van der Waals surface area contributed by atoms with Gasteiger partial charge in [0.1, 0.15) is 5.60 Å². The minimum atomic E-state index is -0.503. The lowest BCUT2D eigenvalue weighted by Crippen LogP contribution is -2.46. The number of aliphatic hydroxyl groups is 1. The summed E-state index contributed by atoms with van der Waals surface area (Å²) < 4.78 is 5.55. The van der Waals surface area contributed by atoms with Crippen molar-refractivity contribution in [3.63, 3.8) is 0 Å². The van der Waals surface area contributed by atoms with E-state index >= 15 is 0 Å². The van der Waals surface area contributed by atoms with E-state index in [2.05, 4.69) is 17.0 Å². The smallest absolute Gasteiger partial charge is 0.410 e. The van der Waals surface area contributed by atoms with Crippen LogP contribution >= 0.6 is 0 Å². The zero-order valence-corrected chi connectivity index (χ0v) is 15.1. The van der Waals surface area contributed by atoms with Gasteiger partial charge >= 0.3 is 6.09 Å². The van der Waals surface area contributed by atoms with Crippen molar-refractivity contribution >= 4 is 6.09 Å². The van der Waals surface area contributed by atoms with E-state index in [-0.39, 0.29) is 18.7 Å². The van der Waals surface area contributed by atoms with Gasteiger partial charge in [0.2, 0.25) is 0 Å². The highest BCUT2D eigenvalue weighted by Gasteiger charge is 2.31. The number of nitrogens with zero attached hydrogens (tertiary/aromatic N) is 2. The number of carbonyl (C=O) groups excluding carboxylic acids is 1. The van der Waals surface area contributed by atoms with Gasteiger partial charge in [-0.1, -0.05) is 30.3 Å². The standard InChI is InChI=1S/C19H30N2O3/c1-19(2,3)24-18(23)21-12-7-11-20(15-17(21)10-13-22)14-16-8-5-4-6-9-16/h4-6,8-9,17,22H,7,10-15H2,1-3H3. The topological polar surface area (TPSA) is 53.0 Å². The van der Waals surface area contributed by atoms with E-state index in [1.54, 1.807) is 4.90 Å². The number of benzene rings is 1. The SMILES string of the molecule is CC(C)(C)OC(=O)N1CCCN(Cc2ccccc2)CC1CCO. The van der Waals surface area contributed by atoms with Crippen molar-refractivity contribution in [2.45, 2.75) is 51.8 Å². The van der Waals surface area contributed by atoms with Crippen LogP contribution in [0.5, 0.6) is 0 Å². The van der Waals surface area contributed by atoms with Gasteiger partial charge in [-0.25, -0.2) is 4.79 Å². The Kier molecular flexibility index (Phi) is 6.63. The van der Waals surface area contributed by atoms with Gasteiger partial charge in [0, 0.05) is 38.8 Å². The van der Waals surface area contributed by atoms with Crippen LogP contribution in [-0.4, -0.2) is 58.9 Å². The monoisotopic (exact) mass is 334 g/mol. The average molecular weight is 334 g/mol. The Morgan fingerprint density at radius 2 is 1.96 bits per heavy atom. The second-order valence-electron chi connectivity index (χ2n) is 7.41. The third kappa shape index (κ3) is 5.80. The van der Waals surface area contributed by atoms with Gasteiger partial charge in [0.15, 0.2) is 0 Å². The lowest BCUT2D eigenvalue weighted by atomic mass is 10.1. The second kappa shape index (κ2) is 8.49. The molecule has 0 radical (unpaired) electrons. The number of aliphatic hydroxyl groups excluding tert-OH is 1. The molecule has 134 valence electrons. The van der Waals surface area contributed by atoms with Gasteiger partial charge in [-0.2, -0.15) is 0 Å². The normalized spacial score (nSPS) is 19.8. The quantitative estimate of drug-likeness (QED) is 0.920. The van der Waals surface area contributed by atoms with Crippen LogP contribution in [-0.2, 0) is 11.3 Å². The minimum Gasteiger partial charge on any atom is -0.444 e. The molecular weight excluding hydrogens is 304 g/mol. The first-order valence-corrected chi connectivity index (χ1v) is 8.76. The highest BCUT2D eigenvalue weighted by atomic mass is 16.6. The Morgan fingerprint density at radius 3 is 2.58 bits per heavy atom. The molecule has 24 heavy (non-hydrogen) atoms. The Bertz CT molecular complexity index is 513. The van der Waals surface area contributed by atoms with Gasteiger partial charge < -0.3 is 14.7 Å².